The normalized spacial score (nSPS) is 10.4. The second-order valence-corrected chi connectivity index (χ2v) is 5.13. The molecule has 1 aromatic carbocycles. The van der Waals surface area contributed by atoms with Gasteiger partial charge in [0, 0.05) is 5.33 Å². The first-order valence-electron chi connectivity index (χ1n) is 6.42. The smallest absolute Gasteiger partial charge is 0.504 e. The zero-order valence-corrected chi connectivity index (χ0v) is 12.4. The molecule has 0 aliphatic heterocycles. The number of halogens is 1. The molecule has 0 unspecified atom stereocenters. The number of hydrogen-bond donors (Lipinski definition) is 2. The van der Waals surface area contributed by atoms with E-state index in [1.165, 1.54) is 25.3 Å². The SMILES string of the molecule is O=C(O)Oc1cccc(CCCCCCCBr)c1O. The summed E-state index contributed by atoms with van der Waals surface area (Å²) in [7, 11) is 0. The fourth-order valence-electron chi connectivity index (χ4n) is 1.89. The van der Waals surface area contributed by atoms with E-state index < -0.39 is 6.16 Å². The maximum atomic E-state index is 10.5. The highest BCUT2D eigenvalue weighted by Gasteiger charge is 2.10. The monoisotopic (exact) mass is 330 g/mol. The van der Waals surface area contributed by atoms with E-state index in [4.69, 9.17) is 5.11 Å². The first-order valence-corrected chi connectivity index (χ1v) is 7.55. The Balaban J connectivity index is 2.43. The zero-order chi connectivity index (χ0) is 14.1. The van der Waals surface area contributed by atoms with Crippen LogP contribution in [0.2, 0.25) is 0 Å². The minimum absolute atomic E-state index is 0.00397. The third-order valence-electron chi connectivity index (χ3n) is 2.86. The van der Waals surface area contributed by atoms with Gasteiger partial charge in [-0.1, -0.05) is 47.3 Å². The maximum Gasteiger partial charge on any atom is 0.511 e. The zero-order valence-electron chi connectivity index (χ0n) is 10.8. The largest absolute Gasteiger partial charge is 0.511 e. The lowest BCUT2D eigenvalue weighted by molar-refractivity contribution is 0.143. The Labute approximate surface area is 121 Å². The van der Waals surface area contributed by atoms with E-state index in [2.05, 4.69) is 20.7 Å². The number of para-hydroxylation sites is 1. The minimum Gasteiger partial charge on any atom is -0.504 e. The van der Waals surface area contributed by atoms with Gasteiger partial charge in [-0.25, -0.2) is 4.79 Å². The van der Waals surface area contributed by atoms with Crippen LogP contribution in [0.15, 0.2) is 18.2 Å². The number of aryl methyl sites for hydroxylation is 1. The lowest BCUT2D eigenvalue weighted by atomic mass is 10.0. The molecule has 0 saturated heterocycles. The Hall–Kier alpha value is -1.23. The summed E-state index contributed by atoms with van der Waals surface area (Å²) >= 11 is 3.40. The summed E-state index contributed by atoms with van der Waals surface area (Å²) in [6.07, 6.45) is 4.98. The Kier molecular flexibility index (Phi) is 7.33. The summed E-state index contributed by atoms with van der Waals surface area (Å²) in [4.78, 5) is 10.5. The van der Waals surface area contributed by atoms with Crippen LogP contribution < -0.4 is 4.74 Å². The number of hydrogen-bond acceptors (Lipinski definition) is 3. The number of rotatable bonds is 8. The second-order valence-electron chi connectivity index (χ2n) is 4.34. The lowest BCUT2D eigenvalue weighted by Gasteiger charge is -2.08. The van der Waals surface area contributed by atoms with Gasteiger partial charge < -0.3 is 14.9 Å². The van der Waals surface area contributed by atoms with Crippen LogP contribution in [-0.4, -0.2) is 21.7 Å². The van der Waals surface area contributed by atoms with Crippen molar-refractivity contribution in [3.8, 4) is 11.5 Å². The molecule has 0 radical (unpaired) electrons. The second kappa shape index (κ2) is 8.80. The van der Waals surface area contributed by atoms with E-state index in [1.807, 2.05) is 0 Å². The number of alkyl halides is 1. The molecular formula is C14H19BrO4. The summed E-state index contributed by atoms with van der Waals surface area (Å²) in [6.45, 7) is 0. The summed E-state index contributed by atoms with van der Waals surface area (Å²) in [5, 5.41) is 19.5. The van der Waals surface area contributed by atoms with Crippen molar-refractivity contribution < 1.29 is 19.7 Å². The van der Waals surface area contributed by atoms with E-state index in [0.29, 0.717) is 0 Å². The van der Waals surface area contributed by atoms with Crippen molar-refractivity contribution in [3.05, 3.63) is 23.8 Å². The van der Waals surface area contributed by atoms with Crippen molar-refractivity contribution in [3.63, 3.8) is 0 Å². The van der Waals surface area contributed by atoms with Crippen LogP contribution in [0.3, 0.4) is 0 Å². The van der Waals surface area contributed by atoms with Gasteiger partial charge in [-0.05, 0) is 30.9 Å². The van der Waals surface area contributed by atoms with Crippen LogP contribution in [0, 0.1) is 0 Å². The lowest BCUT2D eigenvalue weighted by Crippen LogP contribution is -2.03. The molecule has 19 heavy (non-hydrogen) atoms. The van der Waals surface area contributed by atoms with Gasteiger partial charge in [0.25, 0.3) is 0 Å². The van der Waals surface area contributed by atoms with Gasteiger partial charge in [0.2, 0.25) is 0 Å². The van der Waals surface area contributed by atoms with E-state index in [0.717, 1.165) is 30.2 Å². The minimum atomic E-state index is -1.41. The number of benzene rings is 1. The first-order chi connectivity index (χ1) is 9.15. The molecular weight excluding hydrogens is 312 g/mol. The number of unbranched alkanes of at least 4 members (excludes halogenated alkanes) is 4. The third kappa shape index (κ3) is 5.96. The Morgan fingerprint density at radius 1 is 1.16 bits per heavy atom. The van der Waals surface area contributed by atoms with Crippen molar-refractivity contribution in [2.45, 2.75) is 38.5 Å². The molecule has 0 spiro atoms. The van der Waals surface area contributed by atoms with Gasteiger partial charge >= 0.3 is 6.16 Å². The molecule has 0 amide bonds. The molecule has 0 fully saturated rings. The molecule has 0 aliphatic carbocycles. The van der Waals surface area contributed by atoms with E-state index >= 15 is 0 Å². The van der Waals surface area contributed by atoms with Crippen molar-refractivity contribution in [2.24, 2.45) is 0 Å². The molecule has 0 aromatic heterocycles. The number of aromatic hydroxyl groups is 1. The van der Waals surface area contributed by atoms with E-state index in [1.54, 1.807) is 12.1 Å². The number of carbonyl (C=O) groups is 1. The highest BCUT2D eigenvalue weighted by molar-refractivity contribution is 9.09. The number of ether oxygens (including phenoxy) is 1. The van der Waals surface area contributed by atoms with E-state index in [9.17, 15) is 9.90 Å². The van der Waals surface area contributed by atoms with Gasteiger partial charge in [-0.2, -0.15) is 0 Å². The van der Waals surface area contributed by atoms with Gasteiger partial charge in [0.1, 0.15) is 0 Å². The molecule has 5 heteroatoms. The molecule has 4 nitrogen and oxygen atoms in total. The highest BCUT2D eigenvalue weighted by Crippen LogP contribution is 2.31. The molecule has 0 atom stereocenters. The Morgan fingerprint density at radius 3 is 2.53 bits per heavy atom. The molecule has 0 saturated carbocycles. The van der Waals surface area contributed by atoms with Gasteiger partial charge in [0.05, 0.1) is 0 Å². The van der Waals surface area contributed by atoms with Crippen LogP contribution in [0.25, 0.3) is 0 Å². The standard InChI is InChI=1S/C14H19BrO4/c15-10-5-3-1-2-4-7-11-8-6-9-12(13(11)16)19-14(17)18/h6,8-9,16H,1-5,7,10H2,(H,17,18). The number of phenolic OH excluding ortho intramolecular Hbond substituents is 1. The molecule has 2 N–H and O–H groups in total. The van der Waals surface area contributed by atoms with Gasteiger partial charge in [0.15, 0.2) is 11.5 Å². The molecule has 106 valence electrons. The number of phenols is 1. The molecule has 1 aromatic rings. The van der Waals surface area contributed by atoms with Crippen LogP contribution >= 0.6 is 15.9 Å². The fraction of sp³-hybridized carbons (Fsp3) is 0.500. The van der Waals surface area contributed by atoms with Crippen molar-refractivity contribution >= 4 is 22.1 Å². The summed E-state index contributed by atoms with van der Waals surface area (Å²) in [5.74, 6) is -0.0605. The predicted molar refractivity (Wildman–Crippen MR) is 77.3 cm³/mol. The summed E-state index contributed by atoms with van der Waals surface area (Å²) in [6, 6.07) is 4.93. The van der Waals surface area contributed by atoms with Crippen molar-refractivity contribution in [1.82, 2.24) is 0 Å². The topological polar surface area (TPSA) is 66.8 Å². The number of carboxylic acid groups (broad SMARTS) is 1. The summed E-state index contributed by atoms with van der Waals surface area (Å²) < 4.78 is 4.51. The van der Waals surface area contributed by atoms with Gasteiger partial charge in [-0.3, -0.25) is 0 Å². The molecule has 1 rings (SSSR count). The van der Waals surface area contributed by atoms with Crippen molar-refractivity contribution in [2.75, 3.05) is 5.33 Å². The average Bonchev–Trinajstić information content (AvgIpc) is 2.37. The third-order valence-corrected chi connectivity index (χ3v) is 3.42. The molecule has 0 aliphatic rings. The van der Waals surface area contributed by atoms with E-state index in [-0.39, 0.29) is 11.5 Å². The predicted octanol–water partition coefficient (Wildman–Crippen LogP) is 4.34. The fourth-order valence-corrected chi connectivity index (χ4v) is 2.28. The summed E-state index contributed by atoms with van der Waals surface area (Å²) in [5.41, 5.74) is 0.735. The molecule has 0 heterocycles. The Bertz CT molecular complexity index is 406. The van der Waals surface area contributed by atoms with Crippen LogP contribution in [0.1, 0.15) is 37.7 Å². The average molecular weight is 331 g/mol. The Morgan fingerprint density at radius 2 is 1.84 bits per heavy atom. The quantitative estimate of drug-likeness (QED) is 0.322. The van der Waals surface area contributed by atoms with Gasteiger partial charge in [-0.15, -0.1) is 0 Å². The van der Waals surface area contributed by atoms with Crippen LogP contribution in [0.4, 0.5) is 4.79 Å². The molecule has 0 bridgehead atoms. The van der Waals surface area contributed by atoms with Crippen LogP contribution in [-0.2, 0) is 6.42 Å². The maximum absolute atomic E-state index is 10.5. The first kappa shape index (κ1) is 15.8. The highest BCUT2D eigenvalue weighted by atomic mass is 79.9. The van der Waals surface area contributed by atoms with Crippen LogP contribution in [0.5, 0.6) is 11.5 Å². The van der Waals surface area contributed by atoms with Crippen molar-refractivity contribution in [1.29, 1.82) is 0 Å².